The highest BCUT2D eigenvalue weighted by Crippen LogP contribution is 2.32. The van der Waals surface area contributed by atoms with Gasteiger partial charge in [-0.05, 0) is 44.4 Å². The molecular weight excluding hydrogens is 352 g/mol. The number of hydrogen-bond donors (Lipinski definition) is 1. The van der Waals surface area contributed by atoms with Crippen LogP contribution >= 0.6 is 22.7 Å². The van der Waals surface area contributed by atoms with Crippen molar-refractivity contribution in [2.75, 3.05) is 23.3 Å². The largest absolute Gasteiger partial charge is 0.347 e. The summed E-state index contributed by atoms with van der Waals surface area (Å²) in [4.78, 5) is 23.9. The fourth-order valence-corrected chi connectivity index (χ4v) is 4.93. The van der Waals surface area contributed by atoms with Crippen LogP contribution in [0.4, 0.5) is 10.3 Å². The number of aromatic nitrogens is 2. The van der Waals surface area contributed by atoms with E-state index in [1.165, 1.54) is 21.6 Å². The Morgan fingerprint density at radius 1 is 1.32 bits per heavy atom. The summed E-state index contributed by atoms with van der Waals surface area (Å²) in [6, 6.07) is 6.34. The second-order valence-electron chi connectivity index (χ2n) is 6.54. The maximum absolute atomic E-state index is 12.6. The predicted octanol–water partition coefficient (Wildman–Crippen LogP) is 4.22. The third-order valence-electron chi connectivity index (χ3n) is 4.44. The number of carbonyl (C=O) groups is 1. The molecule has 7 heteroatoms. The van der Waals surface area contributed by atoms with Gasteiger partial charge in [0.05, 0.1) is 21.8 Å². The monoisotopic (exact) mass is 372 g/mol. The van der Waals surface area contributed by atoms with E-state index >= 15 is 0 Å². The van der Waals surface area contributed by atoms with Crippen molar-refractivity contribution < 1.29 is 4.79 Å². The summed E-state index contributed by atoms with van der Waals surface area (Å²) in [5.74, 6) is 0.0442. The van der Waals surface area contributed by atoms with Crippen LogP contribution < -0.4 is 10.2 Å². The first kappa shape index (κ1) is 16.5. The molecule has 3 heterocycles. The van der Waals surface area contributed by atoms with Crippen LogP contribution in [0, 0.1) is 19.8 Å². The van der Waals surface area contributed by atoms with Crippen LogP contribution in [0.5, 0.6) is 0 Å². The summed E-state index contributed by atoms with van der Waals surface area (Å²) >= 11 is 3.19. The Kier molecular flexibility index (Phi) is 4.43. The molecule has 0 bridgehead atoms. The van der Waals surface area contributed by atoms with E-state index in [1.54, 1.807) is 11.3 Å². The molecule has 2 aromatic heterocycles. The number of aryl methyl sites for hydroxylation is 2. The lowest BCUT2D eigenvalue weighted by Gasteiger charge is -2.31. The minimum atomic E-state index is -0.0216. The van der Waals surface area contributed by atoms with Gasteiger partial charge in [0.25, 0.3) is 0 Å². The maximum atomic E-state index is 12.6. The van der Waals surface area contributed by atoms with E-state index in [1.807, 2.05) is 12.3 Å². The number of carbonyl (C=O) groups excluding carboxylic acids is 1. The van der Waals surface area contributed by atoms with Crippen molar-refractivity contribution in [1.29, 1.82) is 0 Å². The molecule has 1 N–H and O–H groups in total. The van der Waals surface area contributed by atoms with Gasteiger partial charge in [0, 0.05) is 18.5 Å². The van der Waals surface area contributed by atoms with Gasteiger partial charge in [-0.3, -0.25) is 4.79 Å². The SMILES string of the molecule is Cc1ccc2nc(N3CCCC(C(=O)Nc4nc(C)cs4)C3)sc2c1. The van der Waals surface area contributed by atoms with Crippen LogP contribution in [0.2, 0.25) is 0 Å². The molecule has 0 spiro atoms. The smallest absolute Gasteiger partial charge is 0.231 e. The van der Waals surface area contributed by atoms with Crippen molar-refractivity contribution >= 4 is 49.1 Å². The number of benzene rings is 1. The first-order valence-corrected chi connectivity index (χ1v) is 10.1. The highest BCUT2D eigenvalue weighted by Gasteiger charge is 2.28. The van der Waals surface area contributed by atoms with Crippen LogP contribution in [0.3, 0.4) is 0 Å². The molecule has 1 aromatic carbocycles. The quantitative estimate of drug-likeness (QED) is 0.748. The number of thiazole rings is 2. The second-order valence-corrected chi connectivity index (χ2v) is 8.40. The van der Waals surface area contributed by atoms with Crippen molar-refractivity contribution in [3.63, 3.8) is 0 Å². The Morgan fingerprint density at radius 2 is 2.20 bits per heavy atom. The Morgan fingerprint density at radius 3 is 3.00 bits per heavy atom. The second kappa shape index (κ2) is 6.72. The van der Waals surface area contributed by atoms with Gasteiger partial charge >= 0.3 is 0 Å². The summed E-state index contributed by atoms with van der Waals surface area (Å²) in [5, 5.41) is 6.62. The number of fused-ring (bicyclic) bond motifs is 1. The molecule has 130 valence electrons. The van der Waals surface area contributed by atoms with Crippen molar-refractivity contribution in [2.24, 2.45) is 5.92 Å². The van der Waals surface area contributed by atoms with Gasteiger partial charge in [0.1, 0.15) is 0 Å². The standard InChI is InChI=1S/C18H20N4OS2/c1-11-5-6-14-15(8-11)25-18(20-14)22-7-3-4-13(9-22)16(23)21-17-19-12(2)10-24-17/h5-6,8,10,13H,3-4,7,9H2,1-2H3,(H,19,21,23). The van der Waals surface area contributed by atoms with Gasteiger partial charge in [0.2, 0.25) is 5.91 Å². The van der Waals surface area contributed by atoms with Crippen molar-refractivity contribution in [3.05, 3.63) is 34.8 Å². The van der Waals surface area contributed by atoms with E-state index in [2.05, 4.69) is 40.3 Å². The van der Waals surface area contributed by atoms with Crippen molar-refractivity contribution in [3.8, 4) is 0 Å². The van der Waals surface area contributed by atoms with Crippen LogP contribution in [0.25, 0.3) is 10.2 Å². The molecule has 25 heavy (non-hydrogen) atoms. The fourth-order valence-electron chi connectivity index (χ4n) is 3.14. The Hall–Kier alpha value is -1.99. The lowest BCUT2D eigenvalue weighted by molar-refractivity contribution is -0.120. The molecule has 1 amide bonds. The van der Waals surface area contributed by atoms with Crippen molar-refractivity contribution in [1.82, 2.24) is 9.97 Å². The molecule has 1 atom stereocenters. The van der Waals surface area contributed by atoms with Gasteiger partial charge < -0.3 is 10.2 Å². The maximum Gasteiger partial charge on any atom is 0.231 e. The molecule has 1 saturated heterocycles. The van der Waals surface area contributed by atoms with E-state index in [9.17, 15) is 4.79 Å². The number of nitrogens with one attached hydrogen (secondary N) is 1. The minimum Gasteiger partial charge on any atom is -0.347 e. The fraction of sp³-hybridized carbons (Fsp3) is 0.389. The summed E-state index contributed by atoms with van der Waals surface area (Å²) in [6.45, 7) is 5.71. The number of anilines is 2. The van der Waals surface area contributed by atoms with Crippen molar-refractivity contribution in [2.45, 2.75) is 26.7 Å². The summed E-state index contributed by atoms with van der Waals surface area (Å²) in [6.07, 6.45) is 1.92. The van der Waals surface area contributed by atoms with E-state index in [0.29, 0.717) is 5.13 Å². The van der Waals surface area contributed by atoms with Crippen LogP contribution in [0.15, 0.2) is 23.6 Å². The average Bonchev–Trinajstić information content (AvgIpc) is 3.20. The molecule has 0 radical (unpaired) electrons. The molecule has 1 unspecified atom stereocenters. The molecule has 5 nitrogen and oxygen atoms in total. The van der Waals surface area contributed by atoms with Crippen LogP contribution in [-0.4, -0.2) is 29.0 Å². The van der Waals surface area contributed by atoms with Gasteiger partial charge in [0.15, 0.2) is 10.3 Å². The van der Waals surface area contributed by atoms with E-state index in [0.717, 1.165) is 42.3 Å². The Bertz CT molecular complexity index is 917. The average molecular weight is 373 g/mol. The number of nitrogens with zero attached hydrogens (tertiary/aromatic N) is 3. The molecule has 3 aromatic rings. The Labute approximate surface area is 154 Å². The summed E-state index contributed by atoms with van der Waals surface area (Å²) < 4.78 is 1.21. The molecular formula is C18H20N4OS2. The summed E-state index contributed by atoms with van der Waals surface area (Å²) in [5.41, 5.74) is 3.23. The van der Waals surface area contributed by atoms with Gasteiger partial charge in [-0.15, -0.1) is 11.3 Å². The van der Waals surface area contributed by atoms with Crippen LogP contribution in [-0.2, 0) is 4.79 Å². The molecule has 0 saturated carbocycles. The normalized spacial score (nSPS) is 17.8. The third kappa shape index (κ3) is 3.52. The van der Waals surface area contributed by atoms with Gasteiger partial charge in [-0.1, -0.05) is 17.4 Å². The number of amides is 1. The minimum absolute atomic E-state index is 0.0216. The molecule has 1 fully saturated rings. The third-order valence-corrected chi connectivity index (χ3v) is 6.40. The Balaban J connectivity index is 1.48. The lowest BCUT2D eigenvalue weighted by Crippen LogP contribution is -2.40. The predicted molar refractivity (Wildman–Crippen MR) is 105 cm³/mol. The highest BCUT2D eigenvalue weighted by molar-refractivity contribution is 7.22. The summed E-state index contributed by atoms with van der Waals surface area (Å²) in [7, 11) is 0. The zero-order valence-corrected chi connectivity index (χ0v) is 15.9. The molecule has 1 aliphatic heterocycles. The van der Waals surface area contributed by atoms with E-state index in [4.69, 9.17) is 4.98 Å². The topological polar surface area (TPSA) is 58.1 Å². The number of rotatable bonds is 3. The highest BCUT2D eigenvalue weighted by atomic mass is 32.1. The van der Waals surface area contributed by atoms with Crippen LogP contribution in [0.1, 0.15) is 24.1 Å². The van der Waals surface area contributed by atoms with Gasteiger partial charge in [-0.2, -0.15) is 0 Å². The molecule has 4 rings (SSSR count). The van der Waals surface area contributed by atoms with E-state index < -0.39 is 0 Å². The number of hydrogen-bond acceptors (Lipinski definition) is 6. The first-order chi connectivity index (χ1) is 12.1. The first-order valence-electron chi connectivity index (χ1n) is 8.43. The zero-order chi connectivity index (χ0) is 17.4. The van der Waals surface area contributed by atoms with Gasteiger partial charge in [-0.25, -0.2) is 9.97 Å². The van der Waals surface area contributed by atoms with E-state index in [-0.39, 0.29) is 11.8 Å². The number of piperidine rings is 1. The molecule has 0 aliphatic carbocycles. The lowest BCUT2D eigenvalue weighted by atomic mass is 9.97. The zero-order valence-electron chi connectivity index (χ0n) is 14.3. The molecule has 1 aliphatic rings.